The third-order valence-corrected chi connectivity index (χ3v) is 2.41. The molecule has 0 aliphatic carbocycles. The molecule has 0 fully saturated rings. The van der Waals surface area contributed by atoms with Crippen molar-refractivity contribution in [2.45, 2.75) is 40.2 Å². The minimum atomic E-state index is 0.0845. The summed E-state index contributed by atoms with van der Waals surface area (Å²) in [5.74, 6) is 0.0845. The van der Waals surface area contributed by atoms with Crippen LogP contribution in [0.15, 0.2) is 0 Å². The first-order chi connectivity index (χ1) is 7.60. The first-order valence-electron chi connectivity index (χ1n) is 6.32. The third kappa shape index (κ3) is 8.68. The fourth-order valence-corrected chi connectivity index (χ4v) is 1.46. The number of nitrogens with one attached hydrogen (secondary N) is 2. The van der Waals surface area contributed by atoms with Crippen molar-refractivity contribution in [1.29, 1.82) is 0 Å². The Labute approximate surface area is 99.8 Å². The predicted molar refractivity (Wildman–Crippen MR) is 68.6 cm³/mol. The van der Waals surface area contributed by atoms with Gasteiger partial charge >= 0.3 is 0 Å². The van der Waals surface area contributed by atoms with Crippen LogP contribution in [0, 0.1) is 0 Å². The number of carbonyl (C=O) groups excluding carboxylic acids is 1. The SMILES string of the molecule is CCCN(CC)CCNC(=O)CNC(C)C. The number of rotatable bonds is 9. The summed E-state index contributed by atoms with van der Waals surface area (Å²) in [6.45, 7) is 12.7. The standard InChI is InChI=1S/C12H27N3O/c1-5-8-15(6-2)9-7-13-12(16)10-14-11(3)4/h11,14H,5-10H2,1-4H3,(H,13,16). The number of likely N-dealkylation sites (N-methyl/N-ethyl adjacent to an activating group) is 1. The summed E-state index contributed by atoms with van der Waals surface area (Å²) in [5.41, 5.74) is 0. The van der Waals surface area contributed by atoms with E-state index in [2.05, 4.69) is 29.4 Å². The molecule has 0 radical (unpaired) electrons. The van der Waals surface area contributed by atoms with Crippen molar-refractivity contribution in [3.05, 3.63) is 0 Å². The largest absolute Gasteiger partial charge is 0.354 e. The Morgan fingerprint density at radius 2 is 1.94 bits per heavy atom. The lowest BCUT2D eigenvalue weighted by atomic mass is 10.4. The van der Waals surface area contributed by atoms with E-state index in [1.165, 1.54) is 0 Å². The van der Waals surface area contributed by atoms with Crippen LogP contribution in [0.2, 0.25) is 0 Å². The lowest BCUT2D eigenvalue weighted by Crippen LogP contribution is -2.40. The maximum Gasteiger partial charge on any atom is 0.234 e. The second-order valence-electron chi connectivity index (χ2n) is 4.32. The molecule has 0 bridgehead atoms. The highest BCUT2D eigenvalue weighted by molar-refractivity contribution is 5.77. The molecule has 16 heavy (non-hydrogen) atoms. The van der Waals surface area contributed by atoms with Crippen LogP contribution in [-0.4, -0.2) is 49.6 Å². The van der Waals surface area contributed by atoms with E-state index < -0.39 is 0 Å². The lowest BCUT2D eigenvalue weighted by Gasteiger charge is -2.19. The van der Waals surface area contributed by atoms with Gasteiger partial charge in [-0.2, -0.15) is 0 Å². The van der Waals surface area contributed by atoms with Crippen molar-refractivity contribution in [2.75, 3.05) is 32.7 Å². The molecule has 4 nitrogen and oxygen atoms in total. The van der Waals surface area contributed by atoms with E-state index in [0.29, 0.717) is 12.6 Å². The molecule has 0 saturated heterocycles. The number of hydrogen-bond donors (Lipinski definition) is 2. The van der Waals surface area contributed by atoms with E-state index in [-0.39, 0.29) is 5.91 Å². The van der Waals surface area contributed by atoms with Crippen molar-refractivity contribution >= 4 is 5.91 Å². The zero-order chi connectivity index (χ0) is 12.4. The van der Waals surface area contributed by atoms with Gasteiger partial charge < -0.3 is 15.5 Å². The van der Waals surface area contributed by atoms with Gasteiger partial charge in [-0.15, -0.1) is 0 Å². The minimum Gasteiger partial charge on any atom is -0.354 e. The van der Waals surface area contributed by atoms with Crippen LogP contribution in [0.5, 0.6) is 0 Å². The Hall–Kier alpha value is -0.610. The zero-order valence-electron chi connectivity index (χ0n) is 11.2. The second kappa shape index (κ2) is 9.60. The summed E-state index contributed by atoms with van der Waals surface area (Å²) in [5, 5.41) is 6.01. The van der Waals surface area contributed by atoms with Crippen LogP contribution in [0.1, 0.15) is 34.1 Å². The van der Waals surface area contributed by atoms with E-state index in [1.54, 1.807) is 0 Å². The van der Waals surface area contributed by atoms with Gasteiger partial charge in [0.15, 0.2) is 0 Å². The summed E-state index contributed by atoms with van der Waals surface area (Å²) in [6.07, 6.45) is 1.16. The molecule has 0 spiro atoms. The van der Waals surface area contributed by atoms with Gasteiger partial charge in [-0.25, -0.2) is 0 Å². The van der Waals surface area contributed by atoms with Gasteiger partial charge in [0.25, 0.3) is 0 Å². The first kappa shape index (κ1) is 15.4. The van der Waals surface area contributed by atoms with Crippen LogP contribution in [0.25, 0.3) is 0 Å². The Morgan fingerprint density at radius 1 is 1.25 bits per heavy atom. The van der Waals surface area contributed by atoms with Crippen LogP contribution >= 0.6 is 0 Å². The monoisotopic (exact) mass is 229 g/mol. The van der Waals surface area contributed by atoms with Gasteiger partial charge in [0.1, 0.15) is 0 Å². The van der Waals surface area contributed by atoms with Gasteiger partial charge in [0, 0.05) is 19.1 Å². The molecule has 0 aliphatic heterocycles. The highest BCUT2D eigenvalue weighted by Crippen LogP contribution is 1.88. The molecule has 0 aromatic carbocycles. The normalized spacial score (nSPS) is 11.1. The van der Waals surface area contributed by atoms with Gasteiger partial charge in [0.2, 0.25) is 5.91 Å². The zero-order valence-corrected chi connectivity index (χ0v) is 11.2. The molecule has 0 rings (SSSR count). The van der Waals surface area contributed by atoms with Crippen molar-refractivity contribution in [3.63, 3.8) is 0 Å². The summed E-state index contributed by atoms with van der Waals surface area (Å²) >= 11 is 0. The smallest absolute Gasteiger partial charge is 0.234 e. The van der Waals surface area contributed by atoms with Crippen molar-refractivity contribution in [1.82, 2.24) is 15.5 Å². The number of nitrogens with zero attached hydrogens (tertiary/aromatic N) is 1. The van der Waals surface area contributed by atoms with Crippen LogP contribution in [0.3, 0.4) is 0 Å². The van der Waals surface area contributed by atoms with E-state index in [1.807, 2.05) is 13.8 Å². The highest BCUT2D eigenvalue weighted by atomic mass is 16.1. The number of hydrogen-bond acceptors (Lipinski definition) is 3. The molecule has 0 unspecified atom stereocenters. The molecule has 0 saturated carbocycles. The van der Waals surface area contributed by atoms with E-state index in [0.717, 1.165) is 32.6 Å². The molecular formula is C12H27N3O. The second-order valence-corrected chi connectivity index (χ2v) is 4.32. The van der Waals surface area contributed by atoms with Crippen molar-refractivity contribution in [3.8, 4) is 0 Å². The van der Waals surface area contributed by atoms with E-state index >= 15 is 0 Å². The van der Waals surface area contributed by atoms with Crippen LogP contribution in [0.4, 0.5) is 0 Å². The molecule has 0 aromatic heterocycles. The minimum absolute atomic E-state index is 0.0845. The predicted octanol–water partition coefficient (Wildman–Crippen LogP) is 0.833. The maximum absolute atomic E-state index is 11.4. The van der Waals surface area contributed by atoms with Crippen LogP contribution in [-0.2, 0) is 4.79 Å². The maximum atomic E-state index is 11.4. The van der Waals surface area contributed by atoms with Crippen LogP contribution < -0.4 is 10.6 Å². The number of carbonyl (C=O) groups is 1. The molecule has 1 amide bonds. The van der Waals surface area contributed by atoms with E-state index in [4.69, 9.17) is 0 Å². The third-order valence-electron chi connectivity index (χ3n) is 2.41. The first-order valence-corrected chi connectivity index (χ1v) is 6.32. The van der Waals surface area contributed by atoms with Gasteiger partial charge in [-0.05, 0) is 19.5 Å². The summed E-state index contributed by atoms with van der Waals surface area (Å²) in [4.78, 5) is 13.7. The molecule has 4 heteroatoms. The Balaban J connectivity index is 3.52. The lowest BCUT2D eigenvalue weighted by molar-refractivity contribution is -0.120. The molecule has 0 atom stereocenters. The molecule has 0 heterocycles. The van der Waals surface area contributed by atoms with Crippen molar-refractivity contribution < 1.29 is 4.79 Å². The molecule has 96 valence electrons. The number of amides is 1. The molecule has 2 N–H and O–H groups in total. The van der Waals surface area contributed by atoms with Gasteiger partial charge in [-0.3, -0.25) is 4.79 Å². The average molecular weight is 229 g/mol. The summed E-state index contributed by atoms with van der Waals surface area (Å²) in [6, 6.07) is 0.359. The fourth-order valence-electron chi connectivity index (χ4n) is 1.46. The average Bonchev–Trinajstić information content (AvgIpc) is 2.25. The van der Waals surface area contributed by atoms with Gasteiger partial charge in [0.05, 0.1) is 6.54 Å². The topological polar surface area (TPSA) is 44.4 Å². The Kier molecular flexibility index (Phi) is 9.24. The summed E-state index contributed by atoms with van der Waals surface area (Å²) in [7, 11) is 0. The molecule has 0 aliphatic rings. The van der Waals surface area contributed by atoms with Gasteiger partial charge in [-0.1, -0.05) is 27.7 Å². The van der Waals surface area contributed by atoms with E-state index in [9.17, 15) is 4.79 Å². The molecule has 0 aromatic rings. The summed E-state index contributed by atoms with van der Waals surface area (Å²) < 4.78 is 0. The fraction of sp³-hybridized carbons (Fsp3) is 0.917. The highest BCUT2D eigenvalue weighted by Gasteiger charge is 2.03. The Morgan fingerprint density at radius 3 is 2.44 bits per heavy atom. The quantitative estimate of drug-likeness (QED) is 0.615. The van der Waals surface area contributed by atoms with Crippen molar-refractivity contribution in [2.24, 2.45) is 0 Å². The Bertz CT molecular complexity index is 183. The molecular weight excluding hydrogens is 202 g/mol.